The lowest BCUT2D eigenvalue weighted by atomic mass is 9.98. The van der Waals surface area contributed by atoms with Crippen molar-refractivity contribution in [2.45, 2.75) is 57.3 Å². The molecule has 5 heteroatoms. The molecule has 2 saturated heterocycles. The number of aryl methyl sites for hydroxylation is 1. The molecule has 2 aliphatic heterocycles. The van der Waals surface area contributed by atoms with E-state index >= 15 is 0 Å². The van der Waals surface area contributed by atoms with Gasteiger partial charge in [0.2, 0.25) is 0 Å². The fraction of sp³-hybridized carbons (Fsp3) is 0.650. The Morgan fingerprint density at radius 1 is 1.16 bits per heavy atom. The quantitative estimate of drug-likeness (QED) is 0.851. The van der Waals surface area contributed by atoms with Gasteiger partial charge in [0, 0.05) is 18.7 Å². The van der Waals surface area contributed by atoms with Crippen LogP contribution in [0, 0.1) is 0 Å². The summed E-state index contributed by atoms with van der Waals surface area (Å²) >= 11 is 0. The monoisotopic (exact) mass is 346 g/mol. The molecule has 0 bridgehead atoms. The van der Waals surface area contributed by atoms with Crippen LogP contribution < -0.4 is 0 Å². The number of aliphatic hydroxyl groups excluding tert-OH is 1. The fourth-order valence-electron chi connectivity index (χ4n) is 3.81. The minimum Gasteiger partial charge on any atom is -0.390 e. The number of rotatable bonds is 5. The maximum atomic E-state index is 12.7. The third-order valence-electron chi connectivity index (χ3n) is 5.38. The molecule has 0 aliphatic carbocycles. The lowest BCUT2D eigenvalue weighted by Crippen LogP contribution is -2.41. The zero-order chi connectivity index (χ0) is 18.0. The molecule has 0 unspecified atom stereocenters. The topological polar surface area (TPSA) is 64.0 Å². The summed E-state index contributed by atoms with van der Waals surface area (Å²) in [4.78, 5) is 16.8. The van der Waals surface area contributed by atoms with Crippen LogP contribution in [0.5, 0.6) is 0 Å². The van der Waals surface area contributed by atoms with Gasteiger partial charge in [0.15, 0.2) is 0 Å². The molecule has 5 nitrogen and oxygen atoms in total. The molecule has 25 heavy (non-hydrogen) atoms. The predicted molar refractivity (Wildman–Crippen MR) is 97.6 cm³/mol. The van der Waals surface area contributed by atoms with Gasteiger partial charge < -0.3 is 15.1 Å². The van der Waals surface area contributed by atoms with E-state index in [2.05, 4.69) is 4.90 Å². The maximum absolute atomic E-state index is 12.7. The van der Waals surface area contributed by atoms with Gasteiger partial charge in [0.1, 0.15) is 0 Å². The summed E-state index contributed by atoms with van der Waals surface area (Å²) in [5, 5.41) is 20.2. The molecular weight excluding hydrogens is 316 g/mol. The molecule has 3 rings (SSSR count). The van der Waals surface area contributed by atoms with Crippen molar-refractivity contribution >= 4 is 5.91 Å². The molecule has 0 spiro atoms. The Labute approximate surface area is 150 Å². The van der Waals surface area contributed by atoms with Crippen molar-refractivity contribution < 1.29 is 15.0 Å². The van der Waals surface area contributed by atoms with Gasteiger partial charge >= 0.3 is 0 Å². The predicted octanol–water partition coefficient (Wildman–Crippen LogP) is 1.67. The molecule has 1 aromatic carbocycles. The minimum atomic E-state index is -0.676. The highest BCUT2D eigenvalue weighted by atomic mass is 16.3. The molecule has 2 heterocycles. The van der Waals surface area contributed by atoms with Crippen molar-refractivity contribution in [2.24, 2.45) is 0 Å². The van der Waals surface area contributed by atoms with Gasteiger partial charge in [-0.1, -0.05) is 12.1 Å². The van der Waals surface area contributed by atoms with Gasteiger partial charge in [-0.2, -0.15) is 0 Å². The summed E-state index contributed by atoms with van der Waals surface area (Å²) in [5.41, 5.74) is 1.11. The zero-order valence-electron chi connectivity index (χ0n) is 15.3. The summed E-state index contributed by atoms with van der Waals surface area (Å²) in [5.74, 6) is -0.00483. The van der Waals surface area contributed by atoms with Crippen LogP contribution in [-0.4, -0.2) is 69.8 Å². The largest absolute Gasteiger partial charge is 0.390 e. The number of aliphatic hydroxyl groups is 2. The summed E-state index contributed by atoms with van der Waals surface area (Å²) in [6.45, 7) is 6.70. The van der Waals surface area contributed by atoms with Crippen molar-refractivity contribution in [3.63, 3.8) is 0 Å². The molecular formula is C20H30N2O3. The number of hydrogen-bond acceptors (Lipinski definition) is 4. The van der Waals surface area contributed by atoms with Crippen LogP contribution in [0.25, 0.3) is 0 Å². The van der Waals surface area contributed by atoms with E-state index in [9.17, 15) is 15.0 Å². The number of carbonyl (C=O) groups is 1. The Hall–Kier alpha value is -1.43. The molecule has 138 valence electrons. The highest BCUT2D eigenvalue weighted by molar-refractivity contribution is 5.94. The van der Waals surface area contributed by atoms with Crippen LogP contribution >= 0.6 is 0 Å². The first-order valence-corrected chi connectivity index (χ1v) is 9.36. The fourth-order valence-corrected chi connectivity index (χ4v) is 3.81. The van der Waals surface area contributed by atoms with Crippen molar-refractivity contribution in [2.75, 3.05) is 26.2 Å². The molecule has 0 aromatic heterocycles. The molecule has 2 atom stereocenters. The van der Waals surface area contributed by atoms with Crippen LogP contribution in [0.1, 0.15) is 49.0 Å². The Kier molecular flexibility index (Phi) is 5.46. The smallest absolute Gasteiger partial charge is 0.253 e. The molecule has 2 N–H and O–H groups in total. The van der Waals surface area contributed by atoms with Crippen molar-refractivity contribution in [3.05, 3.63) is 35.4 Å². The van der Waals surface area contributed by atoms with Crippen molar-refractivity contribution in [1.29, 1.82) is 0 Å². The number of β-amino-alcohol motifs (C(OH)–C–C–N with tert-alkyl or cyclic N) is 1. The average Bonchev–Trinajstić information content (AvgIpc) is 3.21. The Bertz CT molecular complexity index is 588. The van der Waals surface area contributed by atoms with Crippen molar-refractivity contribution in [1.82, 2.24) is 9.80 Å². The van der Waals surface area contributed by atoms with E-state index in [0.717, 1.165) is 25.1 Å². The van der Waals surface area contributed by atoms with Gasteiger partial charge in [-0.3, -0.25) is 9.69 Å². The summed E-state index contributed by atoms with van der Waals surface area (Å²) in [6.07, 6.45) is 3.40. The van der Waals surface area contributed by atoms with Gasteiger partial charge in [0.05, 0.1) is 17.7 Å². The number of hydrogen-bond donors (Lipinski definition) is 2. The standard InChI is InChI=1S/C20H30N2O3/c1-20(2,25)10-9-15-5-7-16(8-6-15)19(24)22-13-17(18(23)14-22)21-11-3-4-12-21/h5-8,17-18,23,25H,3-4,9-14H2,1-2H3/t17-,18-/m0/s1. The van der Waals surface area contributed by atoms with Crippen molar-refractivity contribution in [3.8, 4) is 0 Å². The van der Waals surface area contributed by atoms with E-state index in [-0.39, 0.29) is 11.9 Å². The number of likely N-dealkylation sites (tertiary alicyclic amines) is 2. The molecule has 0 radical (unpaired) electrons. The highest BCUT2D eigenvalue weighted by Gasteiger charge is 2.38. The number of amides is 1. The lowest BCUT2D eigenvalue weighted by molar-refractivity contribution is 0.0712. The zero-order valence-corrected chi connectivity index (χ0v) is 15.3. The molecule has 2 aliphatic rings. The van der Waals surface area contributed by atoms with E-state index in [1.54, 1.807) is 18.7 Å². The Balaban J connectivity index is 1.59. The van der Waals surface area contributed by atoms with Crippen LogP contribution in [-0.2, 0) is 6.42 Å². The second-order valence-electron chi connectivity index (χ2n) is 8.10. The first kappa shape index (κ1) is 18.4. The third kappa shape index (κ3) is 4.60. The molecule has 1 aromatic rings. The first-order valence-electron chi connectivity index (χ1n) is 9.36. The SMILES string of the molecule is CC(C)(O)CCc1ccc(C(=O)N2C[C@H](O)[C@@H](N3CCCC3)C2)cc1. The maximum Gasteiger partial charge on any atom is 0.253 e. The minimum absolute atomic E-state index is 0.00483. The molecule has 0 saturated carbocycles. The number of carbonyl (C=O) groups excluding carboxylic acids is 1. The van der Waals surface area contributed by atoms with Crippen LogP contribution in [0.2, 0.25) is 0 Å². The number of nitrogens with zero attached hydrogens (tertiary/aromatic N) is 2. The number of benzene rings is 1. The van der Waals surface area contributed by atoms with Crippen LogP contribution in [0.4, 0.5) is 0 Å². The Morgan fingerprint density at radius 3 is 2.40 bits per heavy atom. The summed E-state index contributed by atoms with van der Waals surface area (Å²) in [7, 11) is 0. The lowest BCUT2D eigenvalue weighted by Gasteiger charge is -2.25. The Morgan fingerprint density at radius 2 is 1.80 bits per heavy atom. The molecule has 2 fully saturated rings. The third-order valence-corrected chi connectivity index (χ3v) is 5.38. The van der Waals surface area contributed by atoms with E-state index in [4.69, 9.17) is 0 Å². The summed E-state index contributed by atoms with van der Waals surface area (Å²) < 4.78 is 0. The van der Waals surface area contributed by atoms with E-state index in [0.29, 0.717) is 25.1 Å². The highest BCUT2D eigenvalue weighted by Crippen LogP contribution is 2.23. The van der Waals surface area contributed by atoms with E-state index in [1.165, 1.54) is 12.8 Å². The van der Waals surface area contributed by atoms with Crippen LogP contribution in [0.3, 0.4) is 0 Å². The van der Waals surface area contributed by atoms with Gasteiger partial charge in [-0.05, 0) is 70.3 Å². The summed E-state index contributed by atoms with van der Waals surface area (Å²) in [6, 6.07) is 7.72. The first-order chi connectivity index (χ1) is 11.8. The van der Waals surface area contributed by atoms with Gasteiger partial charge in [0.25, 0.3) is 5.91 Å². The van der Waals surface area contributed by atoms with E-state index < -0.39 is 11.7 Å². The van der Waals surface area contributed by atoms with Gasteiger partial charge in [-0.25, -0.2) is 0 Å². The molecule has 1 amide bonds. The van der Waals surface area contributed by atoms with Crippen LogP contribution in [0.15, 0.2) is 24.3 Å². The average molecular weight is 346 g/mol. The second kappa shape index (κ2) is 7.44. The van der Waals surface area contributed by atoms with Gasteiger partial charge in [-0.15, -0.1) is 0 Å². The second-order valence-corrected chi connectivity index (χ2v) is 8.10. The normalized spacial score (nSPS) is 24.9. The van der Waals surface area contributed by atoms with E-state index in [1.807, 2.05) is 24.3 Å².